The number of alkyl halides is 1. The Morgan fingerprint density at radius 2 is 1.92 bits per heavy atom. The van der Waals surface area contributed by atoms with E-state index in [1.807, 2.05) is 24.3 Å². The van der Waals surface area contributed by atoms with Crippen LogP contribution in [0.4, 0.5) is 0 Å². The number of halogens is 2. The predicted molar refractivity (Wildman–Crippen MR) is 102 cm³/mol. The van der Waals surface area contributed by atoms with Gasteiger partial charge in [0, 0.05) is 16.6 Å². The van der Waals surface area contributed by atoms with Gasteiger partial charge in [0.05, 0.1) is 0 Å². The van der Waals surface area contributed by atoms with Crippen LogP contribution in [0.1, 0.15) is 56.6 Å². The van der Waals surface area contributed by atoms with Crippen LogP contribution in [0.25, 0.3) is 0 Å². The van der Waals surface area contributed by atoms with Crippen LogP contribution in [0.3, 0.4) is 0 Å². The van der Waals surface area contributed by atoms with Crippen LogP contribution in [0, 0.1) is 0 Å². The Kier molecular flexibility index (Phi) is 6.39. The molecule has 136 valence electrons. The molecule has 2 fully saturated rings. The zero-order valence-corrected chi connectivity index (χ0v) is 16.6. The van der Waals surface area contributed by atoms with Crippen LogP contribution >= 0.6 is 27.5 Å². The fourth-order valence-electron chi connectivity index (χ4n) is 3.62. The van der Waals surface area contributed by atoms with Crippen molar-refractivity contribution in [3.63, 3.8) is 0 Å². The van der Waals surface area contributed by atoms with Gasteiger partial charge in [-0.25, -0.2) is 0 Å². The van der Waals surface area contributed by atoms with E-state index in [4.69, 9.17) is 11.6 Å². The standard InChI is InChI=1S/C19H24BrClN2O2/c20-14-6-4-5-13(11-14)18(23(16-9-10-16)17(24)12-21)19(25)22-15-7-2-1-3-8-15/h4-6,11,15-16,18H,1-3,7-10,12H2,(H,22,25)/t18-/m0/s1. The molecule has 2 amide bonds. The van der Waals surface area contributed by atoms with Crippen molar-refractivity contribution in [1.82, 2.24) is 10.2 Å². The second-order valence-corrected chi connectivity index (χ2v) is 8.15. The summed E-state index contributed by atoms with van der Waals surface area (Å²) in [7, 11) is 0. The van der Waals surface area contributed by atoms with Crippen molar-refractivity contribution in [2.24, 2.45) is 0 Å². The van der Waals surface area contributed by atoms with Gasteiger partial charge in [-0.2, -0.15) is 0 Å². The number of carbonyl (C=O) groups is 2. The zero-order valence-electron chi connectivity index (χ0n) is 14.2. The maximum atomic E-state index is 13.2. The van der Waals surface area contributed by atoms with Crippen molar-refractivity contribution >= 4 is 39.3 Å². The van der Waals surface area contributed by atoms with Crippen molar-refractivity contribution in [3.8, 4) is 0 Å². The van der Waals surface area contributed by atoms with Crippen LogP contribution in [0.5, 0.6) is 0 Å². The third-order valence-electron chi connectivity index (χ3n) is 4.99. The molecule has 6 heteroatoms. The van der Waals surface area contributed by atoms with E-state index in [9.17, 15) is 9.59 Å². The lowest BCUT2D eigenvalue weighted by Gasteiger charge is -2.33. The van der Waals surface area contributed by atoms with Crippen molar-refractivity contribution in [1.29, 1.82) is 0 Å². The van der Waals surface area contributed by atoms with Gasteiger partial charge in [0.15, 0.2) is 0 Å². The second-order valence-electron chi connectivity index (χ2n) is 6.97. The summed E-state index contributed by atoms with van der Waals surface area (Å²) in [6, 6.07) is 7.36. The zero-order chi connectivity index (χ0) is 17.8. The van der Waals surface area contributed by atoms with Gasteiger partial charge in [0.2, 0.25) is 11.8 Å². The van der Waals surface area contributed by atoms with Crippen LogP contribution in [-0.4, -0.2) is 34.7 Å². The molecule has 2 aliphatic rings. The van der Waals surface area contributed by atoms with Gasteiger partial charge in [0.1, 0.15) is 11.9 Å². The molecular weight excluding hydrogens is 404 g/mol. The fourth-order valence-corrected chi connectivity index (χ4v) is 4.18. The lowest BCUT2D eigenvalue weighted by molar-refractivity contribution is -0.140. The van der Waals surface area contributed by atoms with Gasteiger partial charge >= 0.3 is 0 Å². The van der Waals surface area contributed by atoms with Gasteiger partial charge in [-0.05, 0) is 43.4 Å². The third-order valence-corrected chi connectivity index (χ3v) is 5.71. The highest BCUT2D eigenvalue weighted by atomic mass is 79.9. The lowest BCUT2D eigenvalue weighted by Crippen LogP contribution is -2.48. The quantitative estimate of drug-likeness (QED) is 0.693. The minimum Gasteiger partial charge on any atom is -0.351 e. The highest BCUT2D eigenvalue weighted by molar-refractivity contribution is 9.10. The highest BCUT2D eigenvalue weighted by Gasteiger charge is 2.41. The molecular formula is C19H24BrClN2O2. The van der Waals surface area contributed by atoms with E-state index in [0.29, 0.717) is 0 Å². The maximum absolute atomic E-state index is 13.2. The number of benzene rings is 1. The molecule has 3 rings (SSSR count). The molecule has 0 aromatic heterocycles. The van der Waals surface area contributed by atoms with Gasteiger partial charge < -0.3 is 10.2 Å². The van der Waals surface area contributed by atoms with E-state index in [-0.39, 0.29) is 29.8 Å². The smallest absolute Gasteiger partial charge is 0.247 e. The van der Waals surface area contributed by atoms with Crippen LogP contribution in [0.15, 0.2) is 28.7 Å². The number of nitrogens with one attached hydrogen (secondary N) is 1. The van der Waals surface area contributed by atoms with Gasteiger partial charge in [-0.1, -0.05) is 47.3 Å². The summed E-state index contributed by atoms with van der Waals surface area (Å²) in [6.07, 6.45) is 7.45. The van der Waals surface area contributed by atoms with E-state index in [2.05, 4.69) is 21.2 Å². The number of amides is 2. The molecule has 2 saturated carbocycles. The maximum Gasteiger partial charge on any atom is 0.247 e. The molecule has 0 spiro atoms. The number of carbonyl (C=O) groups excluding carboxylic acids is 2. The molecule has 1 atom stereocenters. The van der Waals surface area contributed by atoms with E-state index >= 15 is 0 Å². The monoisotopic (exact) mass is 426 g/mol. The number of nitrogens with zero attached hydrogens (tertiary/aromatic N) is 1. The van der Waals surface area contributed by atoms with Gasteiger partial charge in [-0.3, -0.25) is 9.59 Å². The van der Waals surface area contributed by atoms with Crippen molar-refractivity contribution in [3.05, 3.63) is 34.3 Å². The highest BCUT2D eigenvalue weighted by Crippen LogP contribution is 2.36. The SMILES string of the molecule is O=C(NC1CCCCC1)[C@H](c1cccc(Br)c1)N(C(=O)CCl)C1CC1. The molecule has 4 nitrogen and oxygen atoms in total. The Bertz CT molecular complexity index is 630. The molecule has 0 heterocycles. The van der Waals surface area contributed by atoms with E-state index in [0.717, 1.165) is 48.6 Å². The van der Waals surface area contributed by atoms with Gasteiger partial charge in [0.25, 0.3) is 0 Å². The summed E-state index contributed by atoms with van der Waals surface area (Å²) in [5.41, 5.74) is 0.827. The molecule has 0 aliphatic heterocycles. The first-order chi connectivity index (χ1) is 12.1. The van der Waals surface area contributed by atoms with E-state index < -0.39 is 6.04 Å². The first-order valence-electron chi connectivity index (χ1n) is 9.03. The molecule has 0 saturated heterocycles. The molecule has 1 aromatic rings. The molecule has 2 aliphatic carbocycles. The minimum atomic E-state index is -0.613. The summed E-state index contributed by atoms with van der Waals surface area (Å²) in [5, 5.41) is 3.19. The Balaban J connectivity index is 1.87. The van der Waals surface area contributed by atoms with Crippen LogP contribution in [0.2, 0.25) is 0 Å². The largest absolute Gasteiger partial charge is 0.351 e. The van der Waals surface area contributed by atoms with Gasteiger partial charge in [-0.15, -0.1) is 11.6 Å². The van der Waals surface area contributed by atoms with Crippen molar-refractivity contribution < 1.29 is 9.59 Å². The Morgan fingerprint density at radius 1 is 1.20 bits per heavy atom. The first kappa shape index (κ1) is 18.7. The first-order valence-corrected chi connectivity index (χ1v) is 10.4. The van der Waals surface area contributed by atoms with Crippen molar-refractivity contribution in [2.45, 2.75) is 63.1 Å². The molecule has 1 aromatic carbocycles. The average Bonchev–Trinajstić information content (AvgIpc) is 3.44. The van der Waals surface area contributed by atoms with Crippen LogP contribution < -0.4 is 5.32 Å². The molecule has 0 unspecified atom stereocenters. The summed E-state index contributed by atoms with van der Waals surface area (Å²) in [6.45, 7) is 0. The topological polar surface area (TPSA) is 49.4 Å². The summed E-state index contributed by atoms with van der Waals surface area (Å²) >= 11 is 9.32. The Labute approximate surface area is 162 Å². The van der Waals surface area contributed by atoms with E-state index in [1.165, 1.54) is 6.42 Å². The van der Waals surface area contributed by atoms with Crippen LogP contribution in [-0.2, 0) is 9.59 Å². The summed E-state index contributed by atoms with van der Waals surface area (Å²) < 4.78 is 0.898. The number of hydrogen-bond acceptors (Lipinski definition) is 2. The number of hydrogen-bond donors (Lipinski definition) is 1. The normalized spacial score (nSPS) is 19.3. The summed E-state index contributed by atoms with van der Waals surface area (Å²) in [4.78, 5) is 27.3. The third kappa shape index (κ3) is 4.76. The molecule has 1 N–H and O–H groups in total. The summed E-state index contributed by atoms with van der Waals surface area (Å²) in [5.74, 6) is -0.360. The molecule has 25 heavy (non-hydrogen) atoms. The van der Waals surface area contributed by atoms with E-state index in [1.54, 1.807) is 4.90 Å². The number of rotatable bonds is 6. The predicted octanol–water partition coefficient (Wildman–Crippen LogP) is 4.17. The Hall–Kier alpha value is -1.07. The fraction of sp³-hybridized carbons (Fsp3) is 0.579. The average molecular weight is 428 g/mol. The minimum absolute atomic E-state index is 0.0876. The van der Waals surface area contributed by atoms with Crippen molar-refractivity contribution in [2.75, 3.05) is 5.88 Å². The Morgan fingerprint density at radius 3 is 2.52 bits per heavy atom. The molecule has 0 bridgehead atoms. The second kappa shape index (κ2) is 8.54. The lowest BCUT2D eigenvalue weighted by atomic mass is 9.94. The molecule has 0 radical (unpaired) electrons.